The van der Waals surface area contributed by atoms with Crippen LogP contribution in [0, 0.1) is 0 Å². The summed E-state index contributed by atoms with van der Waals surface area (Å²) in [4.78, 5) is 26.2. The number of hydrogen-bond donors (Lipinski definition) is 1. The molecular weight excluding hydrogens is 240 g/mol. The second-order valence-electron chi connectivity index (χ2n) is 4.47. The predicted molar refractivity (Wildman–Crippen MR) is 64.9 cm³/mol. The summed E-state index contributed by atoms with van der Waals surface area (Å²) in [5, 5.41) is 5.13. The fourth-order valence-corrected chi connectivity index (χ4v) is 1.88. The van der Waals surface area contributed by atoms with Crippen molar-refractivity contribution in [3.8, 4) is 0 Å². The van der Waals surface area contributed by atoms with Gasteiger partial charge in [0.05, 0.1) is 6.04 Å². The Balaban J connectivity index is 2.62. The number of thiazole rings is 1. The number of hydrogen-bond acceptors (Lipinski definition) is 5. The van der Waals surface area contributed by atoms with E-state index in [0.29, 0.717) is 5.01 Å². The highest BCUT2D eigenvalue weighted by molar-refractivity contribution is 7.09. The summed E-state index contributed by atoms with van der Waals surface area (Å²) >= 11 is 1.39. The molecule has 1 N–H and O–H groups in total. The standard InChI is InChI=1S/C11H16N2O3S/c1-11(2,3)16-10(15)13-8(4-6-14)9-12-5-7-17-9/h5-8H,4H2,1-3H3,(H,13,15)/t8-/m0/s1. The Labute approximate surface area is 104 Å². The van der Waals surface area contributed by atoms with Crippen LogP contribution in [0.5, 0.6) is 0 Å². The number of nitrogens with one attached hydrogen (secondary N) is 1. The molecule has 0 spiro atoms. The van der Waals surface area contributed by atoms with Gasteiger partial charge < -0.3 is 14.8 Å². The molecule has 0 aromatic carbocycles. The molecule has 0 unspecified atom stereocenters. The van der Waals surface area contributed by atoms with Gasteiger partial charge in [-0.1, -0.05) is 0 Å². The first kappa shape index (κ1) is 13.6. The zero-order chi connectivity index (χ0) is 12.9. The van der Waals surface area contributed by atoms with Crippen LogP contribution >= 0.6 is 11.3 Å². The Morgan fingerprint density at radius 1 is 1.65 bits per heavy atom. The van der Waals surface area contributed by atoms with E-state index in [-0.39, 0.29) is 6.42 Å². The van der Waals surface area contributed by atoms with E-state index >= 15 is 0 Å². The van der Waals surface area contributed by atoms with Gasteiger partial charge in [0.25, 0.3) is 0 Å². The van der Waals surface area contributed by atoms with E-state index in [1.54, 1.807) is 32.3 Å². The lowest BCUT2D eigenvalue weighted by Gasteiger charge is -2.22. The molecule has 6 heteroatoms. The highest BCUT2D eigenvalue weighted by Gasteiger charge is 2.21. The average molecular weight is 256 g/mol. The Hall–Kier alpha value is -1.43. The molecule has 0 saturated heterocycles. The molecule has 17 heavy (non-hydrogen) atoms. The molecule has 1 amide bonds. The molecule has 1 atom stereocenters. The Kier molecular flexibility index (Phi) is 4.62. The first-order chi connectivity index (χ1) is 7.92. The Morgan fingerprint density at radius 2 is 2.35 bits per heavy atom. The van der Waals surface area contributed by atoms with Crippen molar-refractivity contribution in [1.29, 1.82) is 0 Å². The number of alkyl carbamates (subject to hydrolysis) is 1. The van der Waals surface area contributed by atoms with Gasteiger partial charge in [-0.15, -0.1) is 11.3 Å². The molecule has 0 aliphatic carbocycles. The van der Waals surface area contributed by atoms with Gasteiger partial charge in [-0.25, -0.2) is 9.78 Å². The molecule has 1 aromatic rings. The van der Waals surface area contributed by atoms with Crippen molar-refractivity contribution in [3.05, 3.63) is 16.6 Å². The van der Waals surface area contributed by atoms with Gasteiger partial charge in [0, 0.05) is 18.0 Å². The molecule has 0 fully saturated rings. The van der Waals surface area contributed by atoms with Crippen LogP contribution in [-0.2, 0) is 9.53 Å². The minimum absolute atomic E-state index is 0.187. The van der Waals surface area contributed by atoms with Gasteiger partial charge in [-0.2, -0.15) is 0 Å². The SMILES string of the molecule is CC(C)(C)OC(=O)N[C@@H](CC=O)c1nccs1. The number of amides is 1. The molecule has 94 valence electrons. The maximum atomic E-state index is 11.6. The highest BCUT2D eigenvalue weighted by atomic mass is 32.1. The number of carbonyl (C=O) groups is 2. The van der Waals surface area contributed by atoms with E-state index in [4.69, 9.17) is 4.74 Å². The maximum absolute atomic E-state index is 11.6. The van der Waals surface area contributed by atoms with E-state index in [2.05, 4.69) is 10.3 Å². The van der Waals surface area contributed by atoms with Crippen LogP contribution < -0.4 is 5.32 Å². The van der Waals surface area contributed by atoms with Crippen LogP contribution in [-0.4, -0.2) is 23.0 Å². The molecule has 1 aromatic heterocycles. The third-order valence-electron chi connectivity index (χ3n) is 1.77. The molecule has 1 heterocycles. The van der Waals surface area contributed by atoms with Crippen molar-refractivity contribution in [1.82, 2.24) is 10.3 Å². The second-order valence-corrected chi connectivity index (χ2v) is 5.40. The zero-order valence-corrected chi connectivity index (χ0v) is 10.9. The van der Waals surface area contributed by atoms with Crippen molar-refractivity contribution in [3.63, 3.8) is 0 Å². The largest absolute Gasteiger partial charge is 0.444 e. The molecule has 0 saturated carbocycles. The molecule has 0 aliphatic heterocycles. The Bertz CT molecular complexity index is 371. The van der Waals surface area contributed by atoms with Gasteiger partial charge in [0.1, 0.15) is 16.9 Å². The van der Waals surface area contributed by atoms with Crippen LogP contribution in [0.25, 0.3) is 0 Å². The van der Waals surface area contributed by atoms with Crippen molar-refractivity contribution in [2.75, 3.05) is 0 Å². The topological polar surface area (TPSA) is 68.3 Å². The van der Waals surface area contributed by atoms with Crippen molar-refractivity contribution >= 4 is 23.7 Å². The average Bonchev–Trinajstić information content (AvgIpc) is 2.66. The molecule has 0 aliphatic rings. The fraction of sp³-hybridized carbons (Fsp3) is 0.545. The number of aromatic nitrogens is 1. The van der Waals surface area contributed by atoms with E-state index in [0.717, 1.165) is 6.29 Å². The Morgan fingerprint density at radius 3 is 2.82 bits per heavy atom. The van der Waals surface area contributed by atoms with Crippen LogP contribution in [0.1, 0.15) is 38.2 Å². The van der Waals surface area contributed by atoms with Gasteiger partial charge in [0.15, 0.2) is 0 Å². The van der Waals surface area contributed by atoms with E-state index in [1.165, 1.54) is 11.3 Å². The van der Waals surface area contributed by atoms with Gasteiger partial charge in [0.2, 0.25) is 0 Å². The molecule has 0 bridgehead atoms. The molecule has 5 nitrogen and oxygen atoms in total. The second kappa shape index (κ2) is 5.77. The minimum atomic E-state index is -0.557. The summed E-state index contributed by atoms with van der Waals surface area (Å²) in [6.45, 7) is 5.35. The van der Waals surface area contributed by atoms with Crippen molar-refractivity contribution < 1.29 is 14.3 Å². The summed E-state index contributed by atoms with van der Waals surface area (Å²) in [5.74, 6) is 0. The van der Waals surface area contributed by atoms with E-state index in [1.807, 2.05) is 0 Å². The fourth-order valence-electron chi connectivity index (χ4n) is 1.17. The normalized spacial score (nSPS) is 12.9. The molecule has 1 rings (SSSR count). The summed E-state index contributed by atoms with van der Waals surface area (Å²) < 4.78 is 5.12. The first-order valence-corrected chi connectivity index (χ1v) is 6.13. The van der Waals surface area contributed by atoms with Crippen molar-refractivity contribution in [2.24, 2.45) is 0 Å². The highest BCUT2D eigenvalue weighted by Crippen LogP contribution is 2.19. The molecule has 0 radical (unpaired) electrons. The van der Waals surface area contributed by atoms with Gasteiger partial charge >= 0.3 is 6.09 Å². The van der Waals surface area contributed by atoms with E-state index in [9.17, 15) is 9.59 Å². The first-order valence-electron chi connectivity index (χ1n) is 5.25. The van der Waals surface area contributed by atoms with Crippen molar-refractivity contribution in [2.45, 2.75) is 38.8 Å². The third kappa shape index (κ3) is 4.95. The molecular formula is C11H16N2O3S. The van der Waals surface area contributed by atoms with Crippen LogP contribution in [0.2, 0.25) is 0 Å². The number of ether oxygens (including phenoxy) is 1. The number of carbonyl (C=O) groups excluding carboxylic acids is 2. The minimum Gasteiger partial charge on any atom is -0.444 e. The number of rotatable bonds is 4. The number of aldehydes is 1. The summed E-state index contributed by atoms with van der Waals surface area (Å²) in [5.41, 5.74) is -0.557. The maximum Gasteiger partial charge on any atom is 0.408 e. The van der Waals surface area contributed by atoms with Gasteiger partial charge in [-0.05, 0) is 20.8 Å². The van der Waals surface area contributed by atoms with Crippen LogP contribution in [0.4, 0.5) is 4.79 Å². The third-order valence-corrected chi connectivity index (χ3v) is 2.66. The predicted octanol–water partition coefficient (Wildman–Crippen LogP) is 2.30. The van der Waals surface area contributed by atoms with Crippen LogP contribution in [0.3, 0.4) is 0 Å². The number of nitrogens with zero attached hydrogens (tertiary/aromatic N) is 1. The smallest absolute Gasteiger partial charge is 0.408 e. The lowest BCUT2D eigenvalue weighted by Crippen LogP contribution is -2.35. The lowest BCUT2D eigenvalue weighted by molar-refractivity contribution is -0.108. The summed E-state index contributed by atoms with van der Waals surface area (Å²) in [6, 6.07) is -0.414. The van der Waals surface area contributed by atoms with Gasteiger partial charge in [-0.3, -0.25) is 0 Å². The monoisotopic (exact) mass is 256 g/mol. The van der Waals surface area contributed by atoms with E-state index < -0.39 is 17.7 Å². The van der Waals surface area contributed by atoms with Crippen LogP contribution in [0.15, 0.2) is 11.6 Å². The summed E-state index contributed by atoms with van der Waals surface area (Å²) in [6.07, 6.45) is 2.03. The quantitative estimate of drug-likeness (QED) is 0.839. The summed E-state index contributed by atoms with van der Waals surface area (Å²) in [7, 11) is 0. The zero-order valence-electron chi connectivity index (χ0n) is 10.1. The lowest BCUT2D eigenvalue weighted by atomic mass is 10.2.